The summed E-state index contributed by atoms with van der Waals surface area (Å²) in [6.45, 7) is 3.56. The molecular weight excluding hydrogens is 277 g/mol. The molecule has 0 aromatic heterocycles. The van der Waals surface area contributed by atoms with E-state index in [1.165, 1.54) is 6.07 Å². The van der Waals surface area contributed by atoms with Gasteiger partial charge in [0, 0.05) is 19.1 Å². The Morgan fingerprint density at radius 2 is 1.81 bits per heavy atom. The van der Waals surface area contributed by atoms with Crippen LogP contribution >= 0.6 is 0 Å². The summed E-state index contributed by atoms with van der Waals surface area (Å²) >= 11 is 0. The second-order valence-corrected chi connectivity index (χ2v) is 6.20. The largest absolute Gasteiger partial charge is 0.416 e. The lowest BCUT2D eigenvalue weighted by Gasteiger charge is -2.40. The van der Waals surface area contributed by atoms with E-state index in [4.69, 9.17) is 0 Å². The van der Waals surface area contributed by atoms with Gasteiger partial charge in [-0.1, -0.05) is 12.1 Å². The van der Waals surface area contributed by atoms with Crippen LogP contribution in [0.4, 0.5) is 13.2 Å². The molecule has 1 saturated heterocycles. The molecule has 2 nitrogen and oxygen atoms in total. The van der Waals surface area contributed by atoms with Crippen LogP contribution in [0, 0.1) is 0 Å². The van der Waals surface area contributed by atoms with Crippen molar-refractivity contribution in [3.8, 4) is 0 Å². The van der Waals surface area contributed by atoms with Crippen LogP contribution in [0.25, 0.3) is 0 Å². The van der Waals surface area contributed by atoms with Gasteiger partial charge in [0.25, 0.3) is 0 Å². The SMILES string of the molecule is CN1CCC(N2CCc3c(cccc3C(F)(F)F)C2)CC1. The van der Waals surface area contributed by atoms with Gasteiger partial charge in [-0.05, 0) is 56.6 Å². The molecule has 0 saturated carbocycles. The van der Waals surface area contributed by atoms with E-state index in [-0.39, 0.29) is 0 Å². The summed E-state index contributed by atoms with van der Waals surface area (Å²) in [4.78, 5) is 4.69. The zero-order chi connectivity index (χ0) is 15.0. The van der Waals surface area contributed by atoms with Gasteiger partial charge in [0.15, 0.2) is 0 Å². The molecule has 0 amide bonds. The van der Waals surface area contributed by atoms with Crippen molar-refractivity contribution < 1.29 is 13.2 Å². The lowest BCUT2D eigenvalue weighted by atomic mass is 9.92. The van der Waals surface area contributed by atoms with Crippen molar-refractivity contribution >= 4 is 0 Å². The summed E-state index contributed by atoms with van der Waals surface area (Å²) in [5.74, 6) is 0. The first-order chi connectivity index (χ1) is 9.95. The minimum atomic E-state index is -4.24. The van der Waals surface area contributed by atoms with Crippen LogP contribution in [0.3, 0.4) is 0 Å². The van der Waals surface area contributed by atoms with E-state index in [1.807, 2.05) is 6.07 Å². The predicted molar refractivity (Wildman–Crippen MR) is 76.1 cm³/mol. The van der Waals surface area contributed by atoms with Gasteiger partial charge in [-0.25, -0.2) is 0 Å². The van der Waals surface area contributed by atoms with Crippen molar-refractivity contribution in [1.29, 1.82) is 0 Å². The number of benzene rings is 1. The molecule has 21 heavy (non-hydrogen) atoms. The van der Waals surface area contributed by atoms with E-state index in [2.05, 4.69) is 16.8 Å². The lowest BCUT2D eigenvalue weighted by Crippen LogP contribution is -2.45. The van der Waals surface area contributed by atoms with Gasteiger partial charge in [-0.15, -0.1) is 0 Å². The second kappa shape index (κ2) is 5.61. The summed E-state index contributed by atoms with van der Waals surface area (Å²) in [6.07, 6.45) is -1.49. The zero-order valence-corrected chi connectivity index (χ0v) is 12.3. The molecule has 0 spiro atoms. The maximum Gasteiger partial charge on any atom is 0.416 e. The van der Waals surface area contributed by atoms with Crippen molar-refractivity contribution in [3.05, 3.63) is 34.9 Å². The van der Waals surface area contributed by atoms with E-state index in [1.54, 1.807) is 6.07 Å². The van der Waals surface area contributed by atoms with Crippen molar-refractivity contribution in [2.45, 2.75) is 38.0 Å². The average molecular weight is 298 g/mol. The number of alkyl halides is 3. The van der Waals surface area contributed by atoms with Crippen molar-refractivity contribution in [1.82, 2.24) is 9.80 Å². The highest BCUT2D eigenvalue weighted by molar-refractivity contribution is 5.38. The number of fused-ring (bicyclic) bond motifs is 1. The van der Waals surface area contributed by atoms with Gasteiger partial charge < -0.3 is 4.90 Å². The Morgan fingerprint density at radius 3 is 2.48 bits per heavy atom. The molecule has 1 aromatic rings. The summed E-state index contributed by atoms with van der Waals surface area (Å²) < 4.78 is 39.2. The van der Waals surface area contributed by atoms with E-state index in [0.29, 0.717) is 24.6 Å². The fraction of sp³-hybridized carbons (Fsp3) is 0.625. The van der Waals surface area contributed by atoms with Crippen LogP contribution in [0.2, 0.25) is 0 Å². The Labute approximate surface area is 123 Å². The lowest BCUT2D eigenvalue weighted by molar-refractivity contribution is -0.138. The molecule has 5 heteroatoms. The minimum Gasteiger partial charge on any atom is -0.306 e. The molecule has 0 aliphatic carbocycles. The normalized spacial score (nSPS) is 22.3. The second-order valence-electron chi connectivity index (χ2n) is 6.20. The van der Waals surface area contributed by atoms with Crippen molar-refractivity contribution in [3.63, 3.8) is 0 Å². The molecule has 0 N–H and O–H groups in total. The first-order valence-corrected chi connectivity index (χ1v) is 7.55. The van der Waals surface area contributed by atoms with Gasteiger partial charge in [-0.3, -0.25) is 4.90 Å². The predicted octanol–water partition coefficient (Wildman–Crippen LogP) is 3.16. The molecule has 0 bridgehead atoms. The van der Waals surface area contributed by atoms with Crippen molar-refractivity contribution in [2.24, 2.45) is 0 Å². The molecule has 116 valence electrons. The number of nitrogens with zero attached hydrogens (tertiary/aromatic N) is 2. The molecule has 3 rings (SSSR count). The Morgan fingerprint density at radius 1 is 1.10 bits per heavy atom. The number of rotatable bonds is 1. The fourth-order valence-electron chi connectivity index (χ4n) is 3.57. The van der Waals surface area contributed by atoms with Gasteiger partial charge in [0.05, 0.1) is 5.56 Å². The highest BCUT2D eigenvalue weighted by atomic mass is 19.4. The monoisotopic (exact) mass is 298 g/mol. The Bertz CT molecular complexity index is 505. The summed E-state index contributed by atoms with van der Waals surface area (Å²) in [7, 11) is 2.12. The topological polar surface area (TPSA) is 6.48 Å². The Balaban J connectivity index is 1.77. The molecule has 1 aromatic carbocycles. The molecule has 0 unspecified atom stereocenters. The summed E-state index contributed by atoms with van der Waals surface area (Å²) in [5, 5.41) is 0. The molecule has 2 aliphatic heterocycles. The third kappa shape index (κ3) is 3.09. The molecule has 1 fully saturated rings. The number of hydrogen-bond acceptors (Lipinski definition) is 2. The maximum atomic E-state index is 13.1. The van der Waals surface area contributed by atoms with Crippen molar-refractivity contribution in [2.75, 3.05) is 26.7 Å². The van der Waals surface area contributed by atoms with Crippen LogP contribution in [0.5, 0.6) is 0 Å². The summed E-state index contributed by atoms with van der Waals surface area (Å²) in [5.41, 5.74) is 0.923. The third-order valence-corrected chi connectivity index (χ3v) is 4.81. The smallest absolute Gasteiger partial charge is 0.306 e. The first-order valence-electron chi connectivity index (χ1n) is 7.55. The molecule has 0 atom stereocenters. The Kier molecular flexibility index (Phi) is 3.97. The average Bonchev–Trinajstić information content (AvgIpc) is 2.46. The molecule has 2 aliphatic rings. The fourth-order valence-corrected chi connectivity index (χ4v) is 3.57. The van der Waals surface area contributed by atoms with E-state index < -0.39 is 11.7 Å². The van der Waals surface area contributed by atoms with Crippen LogP contribution < -0.4 is 0 Å². The Hall–Kier alpha value is -1.07. The van der Waals surface area contributed by atoms with Crippen LogP contribution in [0.15, 0.2) is 18.2 Å². The van der Waals surface area contributed by atoms with E-state index >= 15 is 0 Å². The van der Waals surface area contributed by atoms with E-state index in [9.17, 15) is 13.2 Å². The molecule has 0 radical (unpaired) electrons. The quantitative estimate of drug-likeness (QED) is 0.786. The van der Waals surface area contributed by atoms with Gasteiger partial charge in [0.1, 0.15) is 0 Å². The van der Waals surface area contributed by atoms with Crippen LogP contribution in [-0.2, 0) is 19.1 Å². The van der Waals surface area contributed by atoms with Crippen LogP contribution in [0.1, 0.15) is 29.5 Å². The highest BCUT2D eigenvalue weighted by Crippen LogP contribution is 2.36. The number of likely N-dealkylation sites (tertiary alicyclic amines) is 1. The van der Waals surface area contributed by atoms with E-state index in [0.717, 1.165) is 38.0 Å². The minimum absolute atomic E-state index is 0.442. The van der Waals surface area contributed by atoms with Gasteiger partial charge >= 0.3 is 6.18 Å². The third-order valence-electron chi connectivity index (χ3n) is 4.81. The van der Waals surface area contributed by atoms with Gasteiger partial charge in [-0.2, -0.15) is 13.2 Å². The van der Waals surface area contributed by atoms with Gasteiger partial charge in [0.2, 0.25) is 0 Å². The summed E-state index contributed by atoms with van der Waals surface area (Å²) in [6, 6.07) is 5.12. The molecular formula is C16H21F3N2. The van der Waals surface area contributed by atoms with Crippen LogP contribution in [-0.4, -0.2) is 42.5 Å². The maximum absolute atomic E-state index is 13.1. The standard InChI is InChI=1S/C16H21F3N2/c1-20-8-5-13(6-9-20)21-10-7-14-12(11-21)3-2-4-15(14)16(17,18)19/h2-4,13H,5-11H2,1H3. The first kappa shape index (κ1) is 14.9. The zero-order valence-electron chi connectivity index (χ0n) is 12.3. The molecule has 2 heterocycles. The number of halogens is 3. The number of hydrogen-bond donors (Lipinski definition) is 0. The highest BCUT2D eigenvalue weighted by Gasteiger charge is 2.36. The number of piperidine rings is 1.